The summed E-state index contributed by atoms with van der Waals surface area (Å²) in [7, 11) is 0. The maximum absolute atomic E-state index is 13.9. The molecule has 0 unspecified atom stereocenters. The largest absolute Gasteiger partial charge is 0.334 e. The first-order valence-electron chi connectivity index (χ1n) is 12.7. The molecule has 3 aromatic carbocycles. The Hall–Kier alpha value is -4.58. The number of hydrogen-bond donors (Lipinski definition) is 1. The molecular formula is C31H29N5O. The molecule has 5 aromatic rings. The summed E-state index contributed by atoms with van der Waals surface area (Å²) in [6.07, 6.45) is 2.85. The zero-order valence-corrected chi connectivity index (χ0v) is 20.8. The SMILES string of the molecule is CCc1nn(-c2ccccc2)c2c1CN(C(=O)NCc1ccccc1)[C@@H](c1ccccc1)c1cccn1-2. The molecule has 6 nitrogen and oxygen atoms in total. The molecule has 0 saturated carbocycles. The van der Waals surface area contributed by atoms with Crippen molar-refractivity contribution in [3.8, 4) is 11.5 Å². The fourth-order valence-corrected chi connectivity index (χ4v) is 5.21. The van der Waals surface area contributed by atoms with Gasteiger partial charge < -0.3 is 14.8 Å². The molecule has 0 aliphatic carbocycles. The highest BCUT2D eigenvalue weighted by Crippen LogP contribution is 2.38. The molecule has 0 saturated heterocycles. The second kappa shape index (κ2) is 9.82. The lowest BCUT2D eigenvalue weighted by molar-refractivity contribution is 0.180. The van der Waals surface area contributed by atoms with Gasteiger partial charge >= 0.3 is 6.03 Å². The zero-order chi connectivity index (χ0) is 25.2. The van der Waals surface area contributed by atoms with Crippen LogP contribution in [-0.4, -0.2) is 25.3 Å². The lowest BCUT2D eigenvalue weighted by Gasteiger charge is -2.31. The summed E-state index contributed by atoms with van der Waals surface area (Å²) in [6.45, 7) is 3.04. The number of urea groups is 1. The Morgan fingerprint density at radius 3 is 2.27 bits per heavy atom. The molecule has 2 aromatic heterocycles. The summed E-state index contributed by atoms with van der Waals surface area (Å²) in [6, 6.07) is 34.3. The molecule has 1 aliphatic heterocycles. The van der Waals surface area contributed by atoms with E-state index in [1.807, 2.05) is 82.4 Å². The molecular weight excluding hydrogens is 458 g/mol. The summed E-state index contributed by atoms with van der Waals surface area (Å²) in [5, 5.41) is 8.20. The Labute approximate surface area is 216 Å². The van der Waals surface area contributed by atoms with Crippen LogP contribution in [0.3, 0.4) is 0 Å². The first-order chi connectivity index (χ1) is 18.2. The molecule has 184 valence electrons. The fourth-order valence-electron chi connectivity index (χ4n) is 5.21. The molecule has 1 aliphatic rings. The van der Waals surface area contributed by atoms with Crippen molar-refractivity contribution < 1.29 is 4.79 Å². The highest BCUT2D eigenvalue weighted by molar-refractivity contribution is 5.76. The van der Waals surface area contributed by atoms with Crippen LogP contribution >= 0.6 is 0 Å². The Morgan fingerprint density at radius 1 is 0.892 bits per heavy atom. The number of amides is 2. The van der Waals surface area contributed by atoms with Crippen molar-refractivity contribution in [2.75, 3.05) is 0 Å². The van der Waals surface area contributed by atoms with Crippen molar-refractivity contribution in [2.45, 2.75) is 32.5 Å². The predicted molar refractivity (Wildman–Crippen MR) is 145 cm³/mol. The molecule has 6 heteroatoms. The first kappa shape index (κ1) is 22.9. The third-order valence-corrected chi connectivity index (χ3v) is 6.97. The molecule has 1 N–H and O–H groups in total. The Bertz CT molecular complexity index is 1510. The van der Waals surface area contributed by atoms with Gasteiger partial charge in [-0.1, -0.05) is 85.8 Å². The van der Waals surface area contributed by atoms with E-state index in [0.717, 1.165) is 46.0 Å². The minimum Gasteiger partial charge on any atom is -0.334 e. The van der Waals surface area contributed by atoms with Crippen LogP contribution in [0.5, 0.6) is 0 Å². The summed E-state index contributed by atoms with van der Waals surface area (Å²) >= 11 is 0. The van der Waals surface area contributed by atoms with Crippen LogP contribution in [0.2, 0.25) is 0 Å². The average molecular weight is 488 g/mol. The fraction of sp³-hybridized carbons (Fsp3) is 0.161. The van der Waals surface area contributed by atoms with E-state index >= 15 is 0 Å². The Morgan fingerprint density at radius 2 is 1.57 bits per heavy atom. The highest BCUT2D eigenvalue weighted by Gasteiger charge is 2.36. The van der Waals surface area contributed by atoms with Gasteiger partial charge in [0.05, 0.1) is 29.7 Å². The minimum absolute atomic E-state index is 0.104. The first-order valence-corrected chi connectivity index (χ1v) is 12.7. The van der Waals surface area contributed by atoms with Gasteiger partial charge in [-0.25, -0.2) is 9.48 Å². The topological polar surface area (TPSA) is 55.1 Å². The van der Waals surface area contributed by atoms with Crippen LogP contribution in [0.4, 0.5) is 4.79 Å². The van der Waals surface area contributed by atoms with Gasteiger partial charge in [0.25, 0.3) is 0 Å². The highest BCUT2D eigenvalue weighted by atomic mass is 16.2. The second-order valence-electron chi connectivity index (χ2n) is 9.24. The molecule has 1 atom stereocenters. The van der Waals surface area contributed by atoms with Crippen molar-refractivity contribution in [1.29, 1.82) is 0 Å². The van der Waals surface area contributed by atoms with Gasteiger partial charge in [0, 0.05) is 18.3 Å². The molecule has 0 bridgehead atoms. The van der Waals surface area contributed by atoms with Gasteiger partial charge in [0.2, 0.25) is 0 Å². The molecule has 0 fully saturated rings. The van der Waals surface area contributed by atoms with Crippen molar-refractivity contribution in [1.82, 2.24) is 24.6 Å². The van der Waals surface area contributed by atoms with Crippen molar-refractivity contribution in [3.63, 3.8) is 0 Å². The second-order valence-corrected chi connectivity index (χ2v) is 9.24. The van der Waals surface area contributed by atoms with Crippen LogP contribution in [-0.2, 0) is 19.5 Å². The Balaban J connectivity index is 1.50. The van der Waals surface area contributed by atoms with E-state index in [2.05, 4.69) is 53.3 Å². The van der Waals surface area contributed by atoms with E-state index in [1.54, 1.807) is 0 Å². The van der Waals surface area contributed by atoms with Crippen LogP contribution in [0.15, 0.2) is 109 Å². The number of nitrogens with zero attached hydrogens (tertiary/aromatic N) is 4. The van der Waals surface area contributed by atoms with E-state index in [0.29, 0.717) is 13.1 Å². The van der Waals surface area contributed by atoms with Gasteiger partial charge in [-0.3, -0.25) is 0 Å². The number of carbonyl (C=O) groups is 1. The van der Waals surface area contributed by atoms with Gasteiger partial charge in [-0.2, -0.15) is 5.10 Å². The number of aryl methyl sites for hydroxylation is 1. The predicted octanol–water partition coefficient (Wildman–Crippen LogP) is 6.04. The normalized spacial score (nSPS) is 14.5. The van der Waals surface area contributed by atoms with Crippen LogP contribution in [0.25, 0.3) is 11.5 Å². The zero-order valence-electron chi connectivity index (χ0n) is 20.8. The average Bonchev–Trinajstić information content (AvgIpc) is 3.54. The van der Waals surface area contributed by atoms with Crippen molar-refractivity contribution in [2.24, 2.45) is 0 Å². The molecule has 0 radical (unpaired) electrons. The number of hydrogen-bond acceptors (Lipinski definition) is 2. The van der Waals surface area contributed by atoms with Crippen molar-refractivity contribution in [3.05, 3.63) is 137 Å². The third-order valence-electron chi connectivity index (χ3n) is 6.97. The number of nitrogens with one attached hydrogen (secondary N) is 1. The smallest absolute Gasteiger partial charge is 0.318 e. The van der Waals surface area contributed by atoms with E-state index < -0.39 is 0 Å². The molecule has 3 heterocycles. The van der Waals surface area contributed by atoms with E-state index in [4.69, 9.17) is 5.10 Å². The monoisotopic (exact) mass is 487 g/mol. The minimum atomic E-state index is -0.256. The van der Waals surface area contributed by atoms with E-state index in [1.165, 1.54) is 0 Å². The lowest BCUT2D eigenvalue weighted by Crippen LogP contribution is -2.41. The summed E-state index contributed by atoms with van der Waals surface area (Å²) < 4.78 is 4.22. The van der Waals surface area contributed by atoms with Crippen LogP contribution in [0, 0.1) is 0 Å². The maximum atomic E-state index is 13.9. The van der Waals surface area contributed by atoms with Crippen LogP contribution in [0.1, 0.15) is 41.0 Å². The lowest BCUT2D eigenvalue weighted by atomic mass is 10.0. The van der Waals surface area contributed by atoms with Crippen molar-refractivity contribution >= 4 is 6.03 Å². The summed E-state index contributed by atoms with van der Waals surface area (Å²) in [5.74, 6) is 0.988. The number of aromatic nitrogens is 3. The Kier molecular flexibility index (Phi) is 6.06. The van der Waals surface area contributed by atoms with Crippen LogP contribution < -0.4 is 5.32 Å². The quantitative estimate of drug-likeness (QED) is 0.329. The summed E-state index contributed by atoms with van der Waals surface area (Å²) in [4.78, 5) is 15.9. The third kappa shape index (κ3) is 4.20. The number of para-hydroxylation sites is 1. The van der Waals surface area contributed by atoms with E-state index in [9.17, 15) is 4.79 Å². The molecule has 2 amide bonds. The number of benzene rings is 3. The number of rotatable bonds is 5. The maximum Gasteiger partial charge on any atom is 0.318 e. The van der Waals surface area contributed by atoms with E-state index in [-0.39, 0.29) is 12.1 Å². The molecule has 37 heavy (non-hydrogen) atoms. The van der Waals surface area contributed by atoms with Gasteiger partial charge in [0.1, 0.15) is 5.82 Å². The molecule has 6 rings (SSSR count). The van der Waals surface area contributed by atoms with Gasteiger partial charge in [0.15, 0.2) is 0 Å². The molecule has 0 spiro atoms. The number of carbonyl (C=O) groups excluding carboxylic acids is 1. The standard InChI is InChI=1S/C31H29N5O/c1-2-27-26-22-35(31(37)32-21-23-13-6-3-7-14-23)29(24-15-8-4-9-16-24)28-19-12-20-34(28)30(26)36(33-27)25-17-10-5-11-18-25/h3-20,29H,2,21-22H2,1H3,(H,32,37)/t29-/m0/s1. The van der Waals surface area contributed by atoms with Gasteiger partial charge in [-0.15, -0.1) is 0 Å². The van der Waals surface area contributed by atoms with Gasteiger partial charge in [-0.05, 0) is 41.8 Å². The number of fused-ring (bicyclic) bond motifs is 3. The summed E-state index contributed by atoms with van der Waals surface area (Å²) in [5.41, 5.74) is 6.22.